The van der Waals surface area contributed by atoms with Crippen LogP contribution in [0.3, 0.4) is 0 Å². The average molecular weight is 591 g/mol. The van der Waals surface area contributed by atoms with E-state index in [4.69, 9.17) is 28.4 Å². The number of ether oxygens (including phenoxy) is 6. The quantitative estimate of drug-likeness (QED) is 0.258. The molecule has 0 saturated carbocycles. The van der Waals surface area contributed by atoms with Gasteiger partial charge in [0.25, 0.3) is 5.91 Å². The molecule has 1 amide bonds. The number of benzene rings is 3. The Hall–Kier alpha value is -3.79. The summed E-state index contributed by atoms with van der Waals surface area (Å²) in [5.74, 6) is 2.81. The molecule has 5 rings (SSSR count). The van der Waals surface area contributed by atoms with Crippen molar-refractivity contribution in [1.82, 2.24) is 10.2 Å². The minimum Gasteiger partial charge on any atom is -0.493 e. The van der Waals surface area contributed by atoms with Crippen molar-refractivity contribution in [3.8, 4) is 34.1 Å². The second-order valence-electron chi connectivity index (χ2n) is 11.1. The van der Waals surface area contributed by atoms with Crippen molar-refractivity contribution in [2.24, 2.45) is 5.92 Å². The number of hydrogen-bond acceptors (Lipinski definition) is 8. The van der Waals surface area contributed by atoms with Crippen molar-refractivity contribution in [3.05, 3.63) is 71.8 Å². The standard InChI is InChI=1S/C34H42N2O7/c1-23(2)36(34(37)27-10-11-29(39-4)31(17-27)40-14-6-13-38-3)20-28-18-35-19-33(28)41-21-24-7-5-8-25(15-24)26-9-12-30-32(16-26)43-22-42-30/h5,7-12,15-17,23,28,33,35H,6,13-14,18-22H2,1-4H3/t28-,33-/m0/s1. The Bertz CT molecular complexity index is 1380. The Kier molecular flexibility index (Phi) is 10.4. The molecule has 3 aromatic rings. The van der Waals surface area contributed by atoms with Gasteiger partial charge in [-0.15, -0.1) is 0 Å². The largest absolute Gasteiger partial charge is 0.493 e. The fraction of sp³-hybridized carbons (Fsp3) is 0.441. The zero-order valence-electron chi connectivity index (χ0n) is 25.5. The third-order valence-electron chi connectivity index (χ3n) is 7.85. The van der Waals surface area contributed by atoms with Crippen molar-refractivity contribution < 1.29 is 33.2 Å². The molecule has 1 fully saturated rings. The molecule has 2 aliphatic heterocycles. The first kappa shape index (κ1) is 30.7. The van der Waals surface area contributed by atoms with E-state index in [1.54, 1.807) is 32.4 Å². The fourth-order valence-electron chi connectivity index (χ4n) is 5.46. The minimum atomic E-state index is -0.0403. The van der Waals surface area contributed by atoms with Gasteiger partial charge in [-0.3, -0.25) is 4.79 Å². The lowest BCUT2D eigenvalue weighted by Gasteiger charge is -2.31. The highest BCUT2D eigenvalue weighted by molar-refractivity contribution is 5.95. The van der Waals surface area contributed by atoms with Crippen LogP contribution >= 0.6 is 0 Å². The van der Waals surface area contributed by atoms with E-state index in [0.29, 0.717) is 43.4 Å². The van der Waals surface area contributed by atoms with E-state index in [2.05, 4.69) is 23.5 Å². The number of rotatable bonds is 14. The van der Waals surface area contributed by atoms with Crippen LogP contribution in [0.5, 0.6) is 23.0 Å². The Balaban J connectivity index is 1.22. The van der Waals surface area contributed by atoms with Crippen LogP contribution in [0.15, 0.2) is 60.7 Å². The predicted molar refractivity (Wildman–Crippen MR) is 164 cm³/mol. The number of amides is 1. The summed E-state index contributed by atoms with van der Waals surface area (Å²) in [5, 5.41) is 3.46. The second-order valence-corrected chi connectivity index (χ2v) is 11.1. The van der Waals surface area contributed by atoms with E-state index in [9.17, 15) is 4.79 Å². The van der Waals surface area contributed by atoms with Crippen LogP contribution in [-0.2, 0) is 16.1 Å². The number of methoxy groups -OCH3 is 2. The fourth-order valence-corrected chi connectivity index (χ4v) is 5.46. The molecule has 0 aromatic heterocycles. The molecular formula is C34H42N2O7. The Morgan fingerprint density at radius 1 is 0.953 bits per heavy atom. The van der Waals surface area contributed by atoms with Crippen molar-refractivity contribution in [2.45, 2.75) is 39.0 Å². The number of nitrogens with zero attached hydrogens (tertiary/aromatic N) is 1. The van der Waals surface area contributed by atoms with Gasteiger partial charge in [0.2, 0.25) is 6.79 Å². The highest BCUT2D eigenvalue weighted by Gasteiger charge is 2.32. The van der Waals surface area contributed by atoms with Gasteiger partial charge in [0, 0.05) is 57.3 Å². The second kappa shape index (κ2) is 14.6. The number of carbonyl (C=O) groups excluding carboxylic acids is 1. The summed E-state index contributed by atoms with van der Waals surface area (Å²) in [6.45, 7) is 8.03. The molecule has 0 unspecified atom stereocenters. The first-order chi connectivity index (χ1) is 21.0. The Labute approximate surface area is 254 Å². The van der Waals surface area contributed by atoms with Crippen LogP contribution < -0.4 is 24.3 Å². The molecule has 0 radical (unpaired) electrons. The molecule has 1 N–H and O–H groups in total. The molecule has 9 nitrogen and oxygen atoms in total. The Morgan fingerprint density at radius 2 is 1.79 bits per heavy atom. The summed E-state index contributed by atoms with van der Waals surface area (Å²) in [7, 11) is 3.26. The Morgan fingerprint density at radius 3 is 2.60 bits per heavy atom. The van der Waals surface area contributed by atoms with Crippen molar-refractivity contribution >= 4 is 5.91 Å². The lowest BCUT2D eigenvalue weighted by Crippen LogP contribution is -2.43. The van der Waals surface area contributed by atoms with E-state index in [1.165, 1.54) is 0 Å². The van der Waals surface area contributed by atoms with Crippen LogP contribution in [0, 0.1) is 5.92 Å². The monoisotopic (exact) mass is 590 g/mol. The first-order valence-electron chi connectivity index (χ1n) is 14.9. The van der Waals surface area contributed by atoms with Gasteiger partial charge in [-0.05, 0) is 66.9 Å². The minimum absolute atomic E-state index is 0.0142. The van der Waals surface area contributed by atoms with Gasteiger partial charge in [-0.2, -0.15) is 0 Å². The summed E-state index contributed by atoms with van der Waals surface area (Å²) >= 11 is 0. The van der Waals surface area contributed by atoms with Crippen LogP contribution in [-0.4, -0.2) is 76.8 Å². The maximum atomic E-state index is 13.8. The molecule has 0 aliphatic carbocycles. The molecule has 2 aliphatic rings. The van der Waals surface area contributed by atoms with Crippen molar-refractivity contribution in [1.29, 1.82) is 0 Å². The van der Waals surface area contributed by atoms with Crippen LogP contribution in [0.25, 0.3) is 11.1 Å². The van der Waals surface area contributed by atoms with Crippen LogP contribution in [0.4, 0.5) is 0 Å². The maximum absolute atomic E-state index is 13.8. The molecule has 2 heterocycles. The van der Waals surface area contributed by atoms with E-state index < -0.39 is 0 Å². The van der Waals surface area contributed by atoms with Crippen molar-refractivity contribution in [2.75, 3.05) is 53.9 Å². The lowest BCUT2D eigenvalue weighted by atomic mass is 10.0. The highest BCUT2D eigenvalue weighted by atomic mass is 16.7. The molecule has 230 valence electrons. The SMILES string of the molecule is COCCCOc1cc(C(=O)N(C[C@@H]2CNC[C@@H]2OCc2cccc(-c3ccc4c(c3)OCO4)c2)C(C)C)ccc1OC. The van der Waals surface area contributed by atoms with Gasteiger partial charge in [-0.25, -0.2) is 0 Å². The molecule has 43 heavy (non-hydrogen) atoms. The maximum Gasteiger partial charge on any atom is 0.254 e. The molecule has 1 saturated heterocycles. The topological polar surface area (TPSA) is 87.7 Å². The molecular weight excluding hydrogens is 548 g/mol. The highest BCUT2D eigenvalue weighted by Crippen LogP contribution is 2.36. The van der Waals surface area contributed by atoms with Gasteiger partial charge in [0.05, 0.1) is 26.4 Å². The summed E-state index contributed by atoms with van der Waals surface area (Å²) in [6.07, 6.45) is 0.730. The van der Waals surface area contributed by atoms with Crippen LogP contribution in [0.2, 0.25) is 0 Å². The third kappa shape index (κ3) is 7.60. The number of carbonyl (C=O) groups is 1. The number of hydrogen-bond donors (Lipinski definition) is 1. The van der Waals surface area contributed by atoms with E-state index >= 15 is 0 Å². The summed E-state index contributed by atoms with van der Waals surface area (Å²) in [4.78, 5) is 15.7. The summed E-state index contributed by atoms with van der Waals surface area (Å²) in [6, 6.07) is 19.7. The molecule has 0 spiro atoms. The normalized spacial score (nSPS) is 17.3. The van der Waals surface area contributed by atoms with Gasteiger partial charge in [-0.1, -0.05) is 24.3 Å². The zero-order valence-corrected chi connectivity index (χ0v) is 25.5. The summed E-state index contributed by atoms with van der Waals surface area (Å²) < 4.78 is 34.0. The number of fused-ring (bicyclic) bond motifs is 1. The lowest BCUT2D eigenvalue weighted by molar-refractivity contribution is 0.0129. The summed E-state index contributed by atoms with van der Waals surface area (Å²) in [5.41, 5.74) is 3.83. The van der Waals surface area contributed by atoms with E-state index in [1.807, 2.05) is 43.0 Å². The van der Waals surface area contributed by atoms with Gasteiger partial charge >= 0.3 is 0 Å². The third-order valence-corrected chi connectivity index (χ3v) is 7.85. The molecule has 0 bridgehead atoms. The molecule has 9 heteroatoms. The molecule has 3 aromatic carbocycles. The van der Waals surface area contributed by atoms with Gasteiger partial charge in [0.15, 0.2) is 23.0 Å². The number of nitrogens with one attached hydrogen (secondary N) is 1. The zero-order chi connectivity index (χ0) is 30.2. The van der Waals surface area contributed by atoms with Gasteiger partial charge in [0.1, 0.15) is 0 Å². The van der Waals surface area contributed by atoms with Crippen LogP contribution in [0.1, 0.15) is 36.2 Å². The van der Waals surface area contributed by atoms with Gasteiger partial charge < -0.3 is 38.6 Å². The smallest absolute Gasteiger partial charge is 0.254 e. The van der Waals surface area contributed by atoms with Crippen molar-refractivity contribution in [3.63, 3.8) is 0 Å². The average Bonchev–Trinajstić information content (AvgIpc) is 3.69. The first-order valence-corrected chi connectivity index (χ1v) is 14.9. The predicted octanol–water partition coefficient (Wildman–Crippen LogP) is 5.16. The van der Waals surface area contributed by atoms with E-state index in [0.717, 1.165) is 47.7 Å². The van der Waals surface area contributed by atoms with E-state index in [-0.39, 0.29) is 30.8 Å². The molecule has 2 atom stereocenters.